The van der Waals surface area contributed by atoms with Crippen molar-refractivity contribution >= 4 is 16.8 Å². The van der Waals surface area contributed by atoms with Crippen LogP contribution in [0, 0.1) is 5.82 Å². The number of amides is 1. The number of benzene rings is 2. The first-order valence-electron chi connectivity index (χ1n) is 8.90. The van der Waals surface area contributed by atoms with Crippen molar-refractivity contribution in [3.8, 4) is 0 Å². The molecule has 2 aromatic carbocycles. The quantitative estimate of drug-likeness (QED) is 0.676. The van der Waals surface area contributed by atoms with Crippen molar-refractivity contribution in [2.45, 2.75) is 38.4 Å². The van der Waals surface area contributed by atoms with Crippen molar-refractivity contribution in [3.63, 3.8) is 0 Å². The average molecular weight is 368 g/mol. The van der Waals surface area contributed by atoms with Gasteiger partial charge in [0.2, 0.25) is 0 Å². The van der Waals surface area contributed by atoms with Gasteiger partial charge in [0, 0.05) is 24.0 Å². The number of rotatable bonds is 6. The maximum atomic E-state index is 14.2. The number of alkyl halides is 1. The second kappa shape index (κ2) is 7.82. The fourth-order valence-electron chi connectivity index (χ4n) is 3.18. The van der Waals surface area contributed by atoms with Crippen LogP contribution >= 0.6 is 0 Å². The molecule has 3 aromatic rings. The van der Waals surface area contributed by atoms with Gasteiger partial charge < -0.3 is 5.32 Å². The number of aromatic nitrogens is 1. The topological polar surface area (TPSA) is 42.0 Å². The van der Waals surface area contributed by atoms with E-state index < -0.39 is 11.5 Å². The predicted molar refractivity (Wildman–Crippen MR) is 103 cm³/mol. The molecule has 0 aliphatic heterocycles. The molecule has 3 nitrogen and oxygen atoms in total. The van der Waals surface area contributed by atoms with Gasteiger partial charge in [-0.15, -0.1) is 0 Å². The van der Waals surface area contributed by atoms with E-state index in [0.29, 0.717) is 17.4 Å². The number of para-hydroxylation sites is 1. The molecule has 1 amide bonds. The van der Waals surface area contributed by atoms with Crippen LogP contribution in [0.25, 0.3) is 10.9 Å². The Morgan fingerprint density at radius 3 is 2.59 bits per heavy atom. The molecule has 0 aliphatic rings. The van der Waals surface area contributed by atoms with Gasteiger partial charge in [-0.1, -0.05) is 42.5 Å². The van der Waals surface area contributed by atoms with E-state index >= 15 is 0 Å². The van der Waals surface area contributed by atoms with E-state index in [4.69, 9.17) is 0 Å². The number of halogens is 2. The lowest BCUT2D eigenvalue weighted by Crippen LogP contribution is -2.40. The van der Waals surface area contributed by atoms with Crippen LogP contribution in [0.15, 0.2) is 60.8 Å². The standard InChI is InChI=1S/C22H22F2N2O/c1-22(2,24)13-18(11-15-7-4-3-5-8-15)26-21(27)17-12-16-9-6-10-19(23)20(16)25-14-17/h3-10,12,14,18H,11,13H2,1-2H3,(H,26,27). The van der Waals surface area contributed by atoms with E-state index in [1.54, 1.807) is 18.2 Å². The molecule has 0 spiro atoms. The van der Waals surface area contributed by atoms with Gasteiger partial charge in [-0.25, -0.2) is 8.78 Å². The van der Waals surface area contributed by atoms with Crippen LogP contribution < -0.4 is 5.32 Å². The van der Waals surface area contributed by atoms with Crippen LogP contribution in [-0.4, -0.2) is 22.6 Å². The van der Waals surface area contributed by atoms with Gasteiger partial charge in [0.25, 0.3) is 5.91 Å². The summed E-state index contributed by atoms with van der Waals surface area (Å²) >= 11 is 0. The van der Waals surface area contributed by atoms with Gasteiger partial charge in [0.15, 0.2) is 0 Å². The Kier molecular flexibility index (Phi) is 5.49. The summed E-state index contributed by atoms with van der Waals surface area (Å²) in [4.78, 5) is 16.8. The highest BCUT2D eigenvalue weighted by Gasteiger charge is 2.24. The lowest BCUT2D eigenvalue weighted by atomic mass is 9.95. The van der Waals surface area contributed by atoms with Crippen LogP contribution in [0.2, 0.25) is 0 Å². The van der Waals surface area contributed by atoms with E-state index in [0.717, 1.165) is 5.56 Å². The summed E-state index contributed by atoms with van der Waals surface area (Å²) in [7, 11) is 0. The maximum Gasteiger partial charge on any atom is 0.253 e. The first-order valence-corrected chi connectivity index (χ1v) is 8.90. The lowest BCUT2D eigenvalue weighted by Gasteiger charge is -2.24. The monoisotopic (exact) mass is 368 g/mol. The third-order valence-corrected chi connectivity index (χ3v) is 4.32. The summed E-state index contributed by atoms with van der Waals surface area (Å²) in [5, 5.41) is 3.45. The zero-order valence-corrected chi connectivity index (χ0v) is 15.4. The molecule has 0 aliphatic carbocycles. The molecule has 1 N–H and O–H groups in total. The highest BCUT2D eigenvalue weighted by Crippen LogP contribution is 2.20. The van der Waals surface area contributed by atoms with Gasteiger partial charge in [0.1, 0.15) is 17.0 Å². The van der Waals surface area contributed by atoms with E-state index in [1.165, 1.54) is 26.1 Å². The van der Waals surface area contributed by atoms with Gasteiger partial charge in [-0.05, 0) is 38.0 Å². The number of hydrogen-bond donors (Lipinski definition) is 1. The maximum absolute atomic E-state index is 14.2. The summed E-state index contributed by atoms with van der Waals surface area (Å²) < 4.78 is 28.0. The lowest BCUT2D eigenvalue weighted by molar-refractivity contribution is 0.0914. The molecule has 140 valence electrons. The van der Waals surface area contributed by atoms with Crippen LogP contribution in [0.3, 0.4) is 0 Å². The third-order valence-electron chi connectivity index (χ3n) is 4.32. The molecule has 0 fully saturated rings. The summed E-state index contributed by atoms with van der Waals surface area (Å²) in [5.74, 6) is -0.778. The number of carbonyl (C=O) groups excluding carboxylic acids is 1. The largest absolute Gasteiger partial charge is 0.349 e. The molecule has 1 unspecified atom stereocenters. The first kappa shape index (κ1) is 19.0. The molecule has 0 saturated carbocycles. The minimum atomic E-state index is -1.42. The number of fused-ring (bicyclic) bond motifs is 1. The number of hydrogen-bond acceptors (Lipinski definition) is 2. The second-order valence-corrected chi connectivity index (χ2v) is 7.32. The number of nitrogens with zero attached hydrogens (tertiary/aromatic N) is 1. The van der Waals surface area contributed by atoms with Crippen molar-refractivity contribution in [2.75, 3.05) is 0 Å². The molecule has 0 bridgehead atoms. The molecule has 5 heteroatoms. The Bertz CT molecular complexity index is 936. The van der Waals surface area contributed by atoms with Crippen LogP contribution in [0.4, 0.5) is 8.78 Å². The van der Waals surface area contributed by atoms with Gasteiger partial charge >= 0.3 is 0 Å². The van der Waals surface area contributed by atoms with Crippen molar-refractivity contribution in [2.24, 2.45) is 0 Å². The zero-order valence-electron chi connectivity index (χ0n) is 15.4. The molecule has 1 aromatic heterocycles. The van der Waals surface area contributed by atoms with E-state index in [2.05, 4.69) is 10.3 Å². The highest BCUT2D eigenvalue weighted by molar-refractivity contribution is 5.97. The number of nitrogens with one attached hydrogen (secondary N) is 1. The molecule has 1 heterocycles. The Balaban J connectivity index is 1.81. The molecule has 27 heavy (non-hydrogen) atoms. The Morgan fingerprint density at radius 2 is 1.89 bits per heavy atom. The van der Waals surface area contributed by atoms with Gasteiger partial charge in [0.05, 0.1) is 5.56 Å². The fraction of sp³-hybridized carbons (Fsp3) is 0.273. The van der Waals surface area contributed by atoms with Crippen molar-refractivity contribution < 1.29 is 13.6 Å². The second-order valence-electron chi connectivity index (χ2n) is 7.32. The molecular weight excluding hydrogens is 346 g/mol. The van der Waals surface area contributed by atoms with E-state index in [-0.39, 0.29) is 23.9 Å². The van der Waals surface area contributed by atoms with E-state index in [1.807, 2.05) is 30.3 Å². The van der Waals surface area contributed by atoms with Crippen LogP contribution in [0.1, 0.15) is 36.2 Å². The van der Waals surface area contributed by atoms with E-state index in [9.17, 15) is 13.6 Å². The normalized spacial score (nSPS) is 12.7. The predicted octanol–water partition coefficient (Wildman–Crippen LogP) is 4.85. The first-order chi connectivity index (χ1) is 12.8. The Morgan fingerprint density at radius 1 is 1.15 bits per heavy atom. The molecule has 1 atom stereocenters. The zero-order chi connectivity index (χ0) is 19.4. The van der Waals surface area contributed by atoms with Crippen molar-refractivity contribution in [3.05, 3.63) is 77.7 Å². The third kappa shape index (κ3) is 5.09. The molecule has 3 rings (SSSR count). The molecular formula is C22H22F2N2O. The molecule has 0 radical (unpaired) electrons. The van der Waals surface area contributed by atoms with Gasteiger partial charge in [-0.3, -0.25) is 9.78 Å². The minimum absolute atomic E-state index is 0.184. The van der Waals surface area contributed by atoms with Crippen molar-refractivity contribution in [1.82, 2.24) is 10.3 Å². The van der Waals surface area contributed by atoms with Crippen LogP contribution in [-0.2, 0) is 6.42 Å². The Hall–Kier alpha value is -2.82. The fourth-order valence-corrected chi connectivity index (χ4v) is 3.18. The van der Waals surface area contributed by atoms with Crippen LogP contribution in [0.5, 0.6) is 0 Å². The van der Waals surface area contributed by atoms with Gasteiger partial charge in [-0.2, -0.15) is 0 Å². The summed E-state index contributed by atoms with van der Waals surface area (Å²) in [6, 6.07) is 15.5. The molecule has 0 saturated heterocycles. The number of pyridine rings is 1. The highest BCUT2D eigenvalue weighted by atomic mass is 19.1. The number of carbonyl (C=O) groups is 1. The average Bonchev–Trinajstić information content (AvgIpc) is 2.61. The summed E-state index contributed by atoms with van der Waals surface area (Å²) in [6.45, 7) is 3.00. The summed E-state index contributed by atoms with van der Waals surface area (Å²) in [6.07, 6.45) is 2.06. The Labute approximate surface area is 157 Å². The summed E-state index contributed by atoms with van der Waals surface area (Å²) in [5.41, 5.74) is 0.144. The smallest absolute Gasteiger partial charge is 0.253 e. The van der Waals surface area contributed by atoms with Crippen molar-refractivity contribution in [1.29, 1.82) is 0 Å². The minimum Gasteiger partial charge on any atom is -0.349 e. The SMILES string of the molecule is CC(C)(F)CC(Cc1ccccc1)NC(=O)c1cnc2c(F)cccc2c1.